The van der Waals surface area contributed by atoms with Gasteiger partial charge in [-0.1, -0.05) is 12.8 Å². The number of hydrogen-bond donors (Lipinski definition) is 2. The van der Waals surface area contributed by atoms with Crippen molar-refractivity contribution >= 4 is 10.0 Å². The molecule has 2 atom stereocenters. The third-order valence-corrected chi connectivity index (χ3v) is 4.88. The Labute approximate surface area is 111 Å². The van der Waals surface area contributed by atoms with Crippen LogP contribution in [0.25, 0.3) is 0 Å². The Morgan fingerprint density at radius 1 is 1.06 bits per heavy atom. The summed E-state index contributed by atoms with van der Waals surface area (Å²) in [5, 5.41) is 3.59. The molecule has 0 aromatic carbocycles. The summed E-state index contributed by atoms with van der Waals surface area (Å²) in [6.45, 7) is 1.47. The lowest BCUT2D eigenvalue weighted by Gasteiger charge is -2.30. The van der Waals surface area contributed by atoms with Gasteiger partial charge in [0.05, 0.1) is 6.26 Å². The van der Waals surface area contributed by atoms with Crippen LogP contribution in [-0.2, 0) is 10.0 Å². The topological polar surface area (TPSA) is 58.2 Å². The molecular formula is C13H26N2O2S. The van der Waals surface area contributed by atoms with Crippen molar-refractivity contribution in [3.8, 4) is 0 Å². The van der Waals surface area contributed by atoms with E-state index >= 15 is 0 Å². The fourth-order valence-electron chi connectivity index (χ4n) is 3.06. The second kappa shape index (κ2) is 6.35. The standard InChI is InChI=1S/C13H26N2O2S/c1-18(16,17)15-9-3-8-14-13-5-2-4-12(10-13)11-6-7-11/h11-15H,2-10H2,1H3. The molecule has 0 spiro atoms. The molecule has 0 amide bonds. The monoisotopic (exact) mass is 274 g/mol. The molecule has 0 aliphatic heterocycles. The van der Waals surface area contributed by atoms with Gasteiger partial charge in [-0.2, -0.15) is 0 Å². The number of sulfonamides is 1. The lowest BCUT2D eigenvalue weighted by atomic mass is 9.83. The van der Waals surface area contributed by atoms with Gasteiger partial charge in [0, 0.05) is 12.6 Å². The Bertz CT molecular complexity index is 352. The van der Waals surface area contributed by atoms with Crippen LogP contribution < -0.4 is 10.0 Å². The molecule has 2 aliphatic rings. The fraction of sp³-hybridized carbons (Fsp3) is 1.00. The highest BCUT2D eigenvalue weighted by Crippen LogP contribution is 2.43. The first-order valence-electron chi connectivity index (χ1n) is 7.22. The van der Waals surface area contributed by atoms with Crippen LogP contribution in [0.3, 0.4) is 0 Å². The van der Waals surface area contributed by atoms with Gasteiger partial charge in [-0.25, -0.2) is 13.1 Å². The van der Waals surface area contributed by atoms with Gasteiger partial charge >= 0.3 is 0 Å². The number of rotatable bonds is 7. The molecule has 18 heavy (non-hydrogen) atoms. The molecule has 0 aromatic heterocycles. The molecule has 2 fully saturated rings. The molecule has 2 aliphatic carbocycles. The minimum atomic E-state index is -3.02. The molecule has 0 heterocycles. The molecular weight excluding hydrogens is 248 g/mol. The molecule has 2 N–H and O–H groups in total. The van der Waals surface area contributed by atoms with E-state index in [9.17, 15) is 8.42 Å². The van der Waals surface area contributed by atoms with Gasteiger partial charge in [0.1, 0.15) is 0 Å². The van der Waals surface area contributed by atoms with Crippen LogP contribution in [0.15, 0.2) is 0 Å². The maximum Gasteiger partial charge on any atom is 0.208 e. The summed E-state index contributed by atoms with van der Waals surface area (Å²) in [5.41, 5.74) is 0. The van der Waals surface area contributed by atoms with Crippen LogP contribution in [-0.4, -0.2) is 33.8 Å². The van der Waals surface area contributed by atoms with Crippen molar-refractivity contribution in [3.63, 3.8) is 0 Å². The minimum Gasteiger partial charge on any atom is -0.314 e. The summed E-state index contributed by atoms with van der Waals surface area (Å²) in [6, 6.07) is 0.669. The van der Waals surface area contributed by atoms with Gasteiger partial charge in [0.25, 0.3) is 0 Å². The third-order valence-electron chi connectivity index (χ3n) is 4.15. The van der Waals surface area contributed by atoms with Crippen molar-refractivity contribution < 1.29 is 8.42 Å². The molecule has 2 rings (SSSR count). The average Bonchev–Trinajstić information content (AvgIpc) is 3.11. The van der Waals surface area contributed by atoms with Crippen LogP contribution in [0.4, 0.5) is 0 Å². The van der Waals surface area contributed by atoms with Gasteiger partial charge in [-0.3, -0.25) is 0 Å². The maximum atomic E-state index is 10.9. The Morgan fingerprint density at radius 3 is 2.50 bits per heavy atom. The molecule has 0 aromatic rings. The molecule has 106 valence electrons. The average molecular weight is 274 g/mol. The van der Waals surface area contributed by atoms with Crippen molar-refractivity contribution in [2.75, 3.05) is 19.3 Å². The Balaban J connectivity index is 1.55. The van der Waals surface area contributed by atoms with E-state index in [1.165, 1.54) is 44.8 Å². The fourth-order valence-corrected chi connectivity index (χ4v) is 3.58. The summed E-state index contributed by atoms with van der Waals surface area (Å²) in [6.07, 6.45) is 10.4. The zero-order valence-corrected chi connectivity index (χ0v) is 12.1. The van der Waals surface area contributed by atoms with Gasteiger partial charge in [0.15, 0.2) is 0 Å². The Hall–Kier alpha value is -0.130. The summed E-state index contributed by atoms with van der Waals surface area (Å²) in [5.74, 6) is 1.99. The first-order valence-corrected chi connectivity index (χ1v) is 9.12. The smallest absolute Gasteiger partial charge is 0.208 e. The molecule has 5 heteroatoms. The van der Waals surface area contributed by atoms with Crippen molar-refractivity contribution in [1.82, 2.24) is 10.0 Å². The molecule has 2 saturated carbocycles. The maximum absolute atomic E-state index is 10.9. The van der Waals surface area contributed by atoms with Crippen molar-refractivity contribution in [3.05, 3.63) is 0 Å². The normalized spacial score (nSPS) is 29.4. The predicted octanol–water partition coefficient (Wildman–Crippen LogP) is 1.48. The summed E-state index contributed by atoms with van der Waals surface area (Å²) < 4.78 is 24.3. The van der Waals surface area contributed by atoms with Gasteiger partial charge in [-0.05, 0) is 50.5 Å². The van der Waals surface area contributed by atoms with E-state index in [0.29, 0.717) is 12.6 Å². The SMILES string of the molecule is CS(=O)(=O)NCCCNC1CCCC(C2CC2)C1. The quantitative estimate of drug-likeness (QED) is 0.691. The van der Waals surface area contributed by atoms with Crippen LogP contribution >= 0.6 is 0 Å². The third kappa shape index (κ3) is 5.24. The minimum absolute atomic E-state index is 0.546. The zero-order chi connectivity index (χ0) is 13.0. The lowest BCUT2D eigenvalue weighted by Crippen LogP contribution is -2.36. The molecule has 0 radical (unpaired) electrons. The second-order valence-electron chi connectivity index (χ2n) is 5.94. The van der Waals surface area contributed by atoms with Crippen LogP contribution in [0, 0.1) is 11.8 Å². The number of hydrogen-bond acceptors (Lipinski definition) is 3. The van der Waals surface area contributed by atoms with Crippen LogP contribution in [0.1, 0.15) is 44.9 Å². The number of nitrogens with one attached hydrogen (secondary N) is 2. The molecule has 0 saturated heterocycles. The summed E-state index contributed by atoms with van der Waals surface area (Å²) in [7, 11) is -3.02. The molecule has 0 bridgehead atoms. The van der Waals surface area contributed by atoms with E-state index in [1.807, 2.05) is 0 Å². The summed E-state index contributed by atoms with van der Waals surface area (Å²) in [4.78, 5) is 0. The molecule has 4 nitrogen and oxygen atoms in total. The van der Waals surface area contributed by atoms with E-state index in [2.05, 4.69) is 10.0 Å². The lowest BCUT2D eigenvalue weighted by molar-refractivity contribution is 0.261. The summed E-state index contributed by atoms with van der Waals surface area (Å²) >= 11 is 0. The van der Waals surface area contributed by atoms with Gasteiger partial charge < -0.3 is 5.32 Å². The first-order chi connectivity index (χ1) is 8.54. The highest BCUT2D eigenvalue weighted by Gasteiger charge is 2.34. The van der Waals surface area contributed by atoms with Gasteiger partial charge in [-0.15, -0.1) is 0 Å². The predicted molar refractivity (Wildman–Crippen MR) is 73.9 cm³/mol. The second-order valence-corrected chi connectivity index (χ2v) is 7.77. The molecule has 2 unspecified atom stereocenters. The van der Waals surface area contributed by atoms with E-state index in [4.69, 9.17) is 0 Å². The van der Waals surface area contributed by atoms with E-state index < -0.39 is 10.0 Å². The highest BCUT2D eigenvalue weighted by atomic mass is 32.2. The van der Waals surface area contributed by atoms with Crippen molar-refractivity contribution in [2.45, 2.75) is 51.0 Å². The van der Waals surface area contributed by atoms with Crippen LogP contribution in [0.2, 0.25) is 0 Å². The Kier molecular flexibility index (Phi) is 5.04. The van der Waals surface area contributed by atoms with Crippen molar-refractivity contribution in [1.29, 1.82) is 0 Å². The van der Waals surface area contributed by atoms with E-state index in [0.717, 1.165) is 24.8 Å². The van der Waals surface area contributed by atoms with Crippen molar-refractivity contribution in [2.24, 2.45) is 11.8 Å². The van der Waals surface area contributed by atoms with Gasteiger partial charge in [0.2, 0.25) is 10.0 Å². The van der Waals surface area contributed by atoms with Crippen LogP contribution in [0.5, 0.6) is 0 Å². The first kappa shape index (κ1) is 14.3. The highest BCUT2D eigenvalue weighted by molar-refractivity contribution is 7.88. The zero-order valence-electron chi connectivity index (χ0n) is 11.3. The van der Waals surface area contributed by atoms with E-state index in [1.54, 1.807) is 0 Å². The largest absolute Gasteiger partial charge is 0.314 e. The van der Waals surface area contributed by atoms with E-state index in [-0.39, 0.29) is 0 Å². The Morgan fingerprint density at radius 2 is 1.83 bits per heavy atom.